The maximum atomic E-state index is 12.7. The van der Waals surface area contributed by atoms with E-state index in [0.29, 0.717) is 22.9 Å². The molecule has 0 aliphatic carbocycles. The quantitative estimate of drug-likeness (QED) is 0.131. The first-order valence-electron chi connectivity index (χ1n) is 14.5. The number of anilines is 2. The Bertz CT molecular complexity index is 1890. The molecule has 0 radical (unpaired) electrons. The fourth-order valence-corrected chi connectivity index (χ4v) is 5.87. The third-order valence-electron chi connectivity index (χ3n) is 6.89. The van der Waals surface area contributed by atoms with Crippen molar-refractivity contribution in [3.05, 3.63) is 146 Å². The number of para-hydroxylation sites is 2. The highest BCUT2D eigenvalue weighted by Gasteiger charge is 2.16. The van der Waals surface area contributed by atoms with Gasteiger partial charge >= 0.3 is 12.2 Å². The molecule has 6 rings (SSSR count). The number of carbonyl (C=O) groups is 2. The van der Waals surface area contributed by atoms with Crippen LogP contribution in [0, 0.1) is 0 Å². The number of ether oxygens (including phenoxy) is 2. The van der Waals surface area contributed by atoms with Gasteiger partial charge in [0, 0.05) is 21.2 Å². The minimum atomic E-state index is -0.640. The maximum Gasteiger partial charge on any atom is 0.417 e. The van der Waals surface area contributed by atoms with Crippen molar-refractivity contribution >= 4 is 35.3 Å². The van der Waals surface area contributed by atoms with E-state index in [1.54, 1.807) is 97.1 Å². The van der Waals surface area contributed by atoms with Crippen LogP contribution in [-0.2, 0) is 0 Å². The van der Waals surface area contributed by atoms with Crippen molar-refractivity contribution in [3.8, 4) is 45.3 Å². The van der Waals surface area contributed by atoms with Crippen LogP contribution in [0.2, 0.25) is 0 Å². The van der Waals surface area contributed by atoms with E-state index in [1.165, 1.54) is 11.8 Å². The van der Waals surface area contributed by atoms with Gasteiger partial charge in [-0.25, -0.2) is 9.59 Å². The summed E-state index contributed by atoms with van der Waals surface area (Å²) in [6.45, 7) is 0. The van der Waals surface area contributed by atoms with E-state index in [4.69, 9.17) is 9.47 Å². The van der Waals surface area contributed by atoms with E-state index < -0.39 is 12.2 Å². The minimum Gasteiger partial charge on any atom is -0.508 e. The van der Waals surface area contributed by atoms with Crippen molar-refractivity contribution in [2.24, 2.45) is 0 Å². The maximum absolute atomic E-state index is 12.7. The summed E-state index contributed by atoms with van der Waals surface area (Å²) in [5.74, 6) is 1.02. The number of hydrogen-bond donors (Lipinski definition) is 4. The Morgan fingerprint density at radius 3 is 1.32 bits per heavy atom. The molecule has 0 aliphatic heterocycles. The van der Waals surface area contributed by atoms with Crippen molar-refractivity contribution in [1.29, 1.82) is 0 Å². The van der Waals surface area contributed by atoms with Crippen LogP contribution in [0.4, 0.5) is 21.0 Å². The molecule has 0 saturated carbocycles. The van der Waals surface area contributed by atoms with Gasteiger partial charge in [-0.3, -0.25) is 10.6 Å². The second-order valence-corrected chi connectivity index (χ2v) is 11.4. The first-order chi connectivity index (χ1) is 22.9. The molecule has 9 heteroatoms. The Kier molecular flexibility index (Phi) is 9.36. The van der Waals surface area contributed by atoms with Crippen molar-refractivity contribution < 1.29 is 29.3 Å². The Morgan fingerprint density at radius 1 is 0.489 bits per heavy atom. The number of aromatic hydroxyl groups is 2. The minimum absolute atomic E-state index is 0.0959. The second-order valence-electron chi connectivity index (χ2n) is 10.3. The molecule has 0 atom stereocenters. The molecule has 0 aromatic heterocycles. The third-order valence-corrected chi connectivity index (χ3v) is 8.05. The van der Waals surface area contributed by atoms with Crippen LogP contribution in [0.1, 0.15) is 0 Å². The van der Waals surface area contributed by atoms with Crippen LogP contribution in [0.5, 0.6) is 23.0 Å². The second kappa shape index (κ2) is 14.3. The fraction of sp³-hybridized carbons (Fsp3) is 0. The van der Waals surface area contributed by atoms with E-state index in [9.17, 15) is 19.8 Å². The number of phenols is 2. The van der Waals surface area contributed by atoms with Gasteiger partial charge in [-0.05, 0) is 107 Å². The third kappa shape index (κ3) is 8.10. The highest BCUT2D eigenvalue weighted by atomic mass is 32.2. The number of hydrogen-bond acceptors (Lipinski definition) is 7. The van der Waals surface area contributed by atoms with E-state index in [1.807, 2.05) is 48.5 Å². The molecule has 0 heterocycles. The van der Waals surface area contributed by atoms with Crippen LogP contribution < -0.4 is 20.1 Å². The molecule has 0 saturated heterocycles. The molecule has 6 aromatic rings. The summed E-state index contributed by atoms with van der Waals surface area (Å²) in [7, 11) is 0. The van der Waals surface area contributed by atoms with Gasteiger partial charge in [-0.1, -0.05) is 72.4 Å². The molecular weight excluding hydrogens is 612 g/mol. The zero-order valence-electron chi connectivity index (χ0n) is 24.8. The molecule has 2 amide bonds. The van der Waals surface area contributed by atoms with Gasteiger partial charge in [-0.15, -0.1) is 0 Å². The predicted molar refractivity (Wildman–Crippen MR) is 183 cm³/mol. The Morgan fingerprint density at radius 2 is 0.915 bits per heavy atom. The Balaban J connectivity index is 1.33. The number of benzene rings is 6. The summed E-state index contributed by atoms with van der Waals surface area (Å²) in [5, 5.41) is 26.1. The van der Waals surface area contributed by atoms with Gasteiger partial charge in [0.25, 0.3) is 0 Å². The fourth-order valence-electron chi connectivity index (χ4n) is 4.79. The van der Waals surface area contributed by atoms with Crippen molar-refractivity contribution in [2.45, 2.75) is 9.79 Å². The molecular formula is C38H28N2O6S. The van der Waals surface area contributed by atoms with Gasteiger partial charge in [0.2, 0.25) is 0 Å². The number of amides is 2. The standard InChI is InChI=1S/C38H28N2O6S/c41-29-11-7-9-25(21-29)33-23-27(39-37(43)45-31-13-3-1-4-14-31)17-19-35(33)47-36-20-18-28(24-34(36)26-10-8-12-30(42)22-26)40-38(44)46-32-15-5-2-6-16-32/h1-24,41-42H,(H,39,43)(H,40,44). The molecule has 47 heavy (non-hydrogen) atoms. The predicted octanol–water partition coefficient (Wildman–Crippen LogP) is 9.80. The summed E-state index contributed by atoms with van der Waals surface area (Å²) in [6, 6.07) is 42.1. The first kappa shape index (κ1) is 30.8. The Hall–Kier alpha value is -6.19. The molecule has 6 aromatic carbocycles. The SMILES string of the molecule is O=C(Nc1ccc(Sc2ccc(NC(=O)Oc3ccccc3)cc2-c2cccc(O)c2)c(-c2cccc(O)c2)c1)Oc1ccccc1. The number of carbonyl (C=O) groups excluding carboxylic acids is 2. The van der Waals surface area contributed by atoms with Crippen molar-refractivity contribution in [3.63, 3.8) is 0 Å². The van der Waals surface area contributed by atoms with E-state index >= 15 is 0 Å². The smallest absolute Gasteiger partial charge is 0.417 e. The summed E-state index contributed by atoms with van der Waals surface area (Å²) >= 11 is 1.45. The molecule has 0 aliphatic rings. The lowest BCUT2D eigenvalue weighted by Gasteiger charge is -2.16. The Labute approximate surface area is 275 Å². The summed E-state index contributed by atoms with van der Waals surface area (Å²) in [6.07, 6.45) is -1.28. The lowest BCUT2D eigenvalue weighted by atomic mass is 10.0. The lowest BCUT2D eigenvalue weighted by molar-refractivity contribution is 0.214. The van der Waals surface area contributed by atoms with Crippen LogP contribution in [0.3, 0.4) is 0 Å². The van der Waals surface area contributed by atoms with Gasteiger partial charge in [-0.2, -0.15) is 0 Å². The van der Waals surface area contributed by atoms with Crippen molar-refractivity contribution in [1.82, 2.24) is 0 Å². The average Bonchev–Trinajstić information content (AvgIpc) is 3.07. The van der Waals surface area contributed by atoms with Crippen LogP contribution in [0.25, 0.3) is 22.3 Å². The topological polar surface area (TPSA) is 117 Å². The molecule has 4 N–H and O–H groups in total. The van der Waals surface area contributed by atoms with Crippen LogP contribution in [0.15, 0.2) is 155 Å². The lowest BCUT2D eigenvalue weighted by Crippen LogP contribution is -2.16. The highest BCUT2D eigenvalue weighted by Crippen LogP contribution is 2.43. The van der Waals surface area contributed by atoms with E-state index in [0.717, 1.165) is 32.0 Å². The molecule has 0 bridgehead atoms. The molecule has 0 fully saturated rings. The summed E-state index contributed by atoms with van der Waals surface area (Å²) in [4.78, 5) is 27.0. The van der Waals surface area contributed by atoms with Gasteiger partial charge in [0.1, 0.15) is 23.0 Å². The van der Waals surface area contributed by atoms with Crippen molar-refractivity contribution in [2.75, 3.05) is 10.6 Å². The number of rotatable bonds is 8. The first-order valence-corrected chi connectivity index (χ1v) is 15.3. The largest absolute Gasteiger partial charge is 0.508 e. The monoisotopic (exact) mass is 640 g/mol. The zero-order chi connectivity index (χ0) is 32.6. The van der Waals surface area contributed by atoms with E-state index in [2.05, 4.69) is 10.6 Å². The number of nitrogens with one attached hydrogen (secondary N) is 2. The van der Waals surface area contributed by atoms with Crippen LogP contribution in [-0.4, -0.2) is 22.4 Å². The highest BCUT2D eigenvalue weighted by molar-refractivity contribution is 7.99. The number of phenolic OH excluding ortho intramolecular Hbond substituents is 2. The molecule has 0 unspecified atom stereocenters. The van der Waals surface area contributed by atoms with E-state index in [-0.39, 0.29) is 11.5 Å². The molecule has 0 spiro atoms. The average molecular weight is 641 g/mol. The van der Waals surface area contributed by atoms with Gasteiger partial charge < -0.3 is 19.7 Å². The molecule has 8 nitrogen and oxygen atoms in total. The summed E-state index contributed by atoms with van der Waals surface area (Å²) in [5.41, 5.74) is 3.95. The normalized spacial score (nSPS) is 10.6. The summed E-state index contributed by atoms with van der Waals surface area (Å²) < 4.78 is 10.8. The van der Waals surface area contributed by atoms with Gasteiger partial charge in [0.15, 0.2) is 0 Å². The zero-order valence-corrected chi connectivity index (χ0v) is 25.6. The van der Waals surface area contributed by atoms with Gasteiger partial charge in [0.05, 0.1) is 0 Å². The van der Waals surface area contributed by atoms with Crippen LogP contribution >= 0.6 is 11.8 Å². The molecule has 232 valence electrons.